The smallest absolute Gasteiger partial charge is 0.330 e. The molecule has 0 aliphatic rings. The molecule has 1 amide bonds. The maximum atomic E-state index is 12.2. The van der Waals surface area contributed by atoms with Crippen LogP contribution in [0, 0.1) is 0 Å². The largest absolute Gasteiger partial charge is 0.479 e. The molecule has 2 aromatic rings. The predicted molar refractivity (Wildman–Crippen MR) is 100 cm³/mol. The van der Waals surface area contributed by atoms with Gasteiger partial charge in [-0.25, -0.2) is 9.78 Å². The fourth-order valence-corrected chi connectivity index (χ4v) is 4.08. The van der Waals surface area contributed by atoms with Crippen LogP contribution >= 0.6 is 23.1 Å². The minimum absolute atomic E-state index is 0.0708. The number of nitrogens with zero attached hydrogens (tertiary/aromatic N) is 2. The van der Waals surface area contributed by atoms with Crippen molar-refractivity contribution in [3.63, 3.8) is 0 Å². The Morgan fingerprint density at radius 1 is 1.32 bits per heavy atom. The van der Waals surface area contributed by atoms with E-state index in [1.165, 1.54) is 11.3 Å². The summed E-state index contributed by atoms with van der Waals surface area (Å²) in [5.74, 6) is -0.509. The molecular formula is C17H21N3O3S2. The highest BCUT2D eigenvalue weighted by atomic mass is 32.2. The van der Waals surface area contributed by atoms with E-state index in [4.69, 9.17) is 0 Å². The summed E-state index contributed by atoms with van der Waals surface area (Å²) in [5, 5.41) is 13.8. The number of thioether (sulfide) groups is 1. The van der Waals surface area contributed by atoms with Crippen molar-refractivity contribution in [1.82, 2.24) is 15.2 Å². The minimum atomic E-state index is -1.09. The molecule has 134 valence electrons. The van der Waals surface area contributed by atoms with E-state index in [0.29, 0.717) is 11.3 Å². The summed E-state index contributed by atoms with van der Waals surface area (Å²) in [5.41, 5.74) is 1.20. The van der Waals surface area contributed by atoms with Crippen molar-refractivity contribution < 1.29 is 14.7 Å². The van der Waals surface area contributed by atoms with Crippen molar-refractivity contribution in [3.8, 4) is 0 Å². The van der Waals surface area contributed by atoms with Crippen molar-refractivity contribution >= 4 is 35.0 Å². The van der Waals surface area contributed by atoms with Crippen molar-refractivity contribution in [2.45, 2.75) is 16.8 Å². The molecule has 0 spiro atoms. The average molecular weight is 380 g/mol. The Bertz CT molecular complexity index is 704. The summed E-state index contributed by atoms with van der Waals surface area (Å²) in [6.45, 7) is 0.956. The molecule has 1 aromatic carbocycles. The lowest BCUT2D eigenvalue weighted by Gasteiger charge is -2.14. The third kappa shape index (κ3) is 6.49. The molecule has 25 heavy (non-hydrogen) atoms. The van der Waals surface area contributed by atoms with E-state index in [9.17, 15) is 14.7 Å². The number of aliphatic carboxylic acids is 1. The molecule has 8 heteroatoms. The molecule has 0 aliphatic carbocycles. The number of carboxylic acid groups (broad SMARTS) is 1. The molecule has 6 nitrogen and oxygen atoms in total. The van der Waals surface area contributed by atoms with Gasteiger partial charge in [-0.1, -0.05) is 42.1 Å². The van der Waals surface area contributed by atoms with E-state index in [1.54, 1.807) is 42.1 Å². The number of hydrogen-bond acceptors (Lipinski definition) is 6. The number of benzene rings is 1. The van der Waals surface area contributed by atoms with Crippen LogP contribution in [-0.4, -0.2) is 53.3 Å². The molecule has 0 fully saturated rings. The topological polar surface area (TPSA) is 82.5 Å². The van der Waals surface area contributed by atoms with E-state index in [-0.39, 0.29) is 12.3 Å². The predicted octanol–water partition coefficient (Wildman–Crippen LogP) is 2.28. The molecule has 1 heterocycles. The number of carboxylic acids is 1. The third-order valence-electron chi connectivity index (χ3n) is 3.32. The Hall–Kier alpha value is -1.90. The van der Waals surface area contributed by atoms with Crippen molar-refractivity contribution in [2.75, 3.05) is 26.4 Å². The molecule has 0 saturated carbocycles. The molecule has 2 rings (SSSR count). The van der Waals surface area contributed by atoms with Gasteiger partial charge in [0.25, 0.3) is 0 Å². The van der Waals surface area contributed by atoms with E-state index in [2.05, 4.69) is 15.2 Å². The molecule has 0 radical (unpaired) electrons. The zero-order valence-electron chi connectivity index (χ0n) is 14.1. The van der Waals surface area contributed by atoms with Crippen molar-refractivity contribution in [2.24, 2.45) is 0 Å². The van der Waals surface area contributed by atoms with Gasteiger partial charge in [-0.15, -0.1) is 11.3 Å². The number of amides is 1. The van der Waals surface area contributed by atoms with Crippen LogP contribution in [0.2, 0.25) is 0 Å². The number of carbonyl (C=O) groups is 2. The Morgan fingerprint density at radius 3 is 2.68 bits per heavy atom. The standard InChI is InChI=1S/C17H21N3O3S2/c1-20(2)8-9-24-17-18-13(11-25-17)10-14(21)19-15(16(22)23)12-6-4-3-5-7-12/h3-7,11,15H,8-10H2,1-2H3,(H,19,21)(H,22,23)/t15-/m1/s1. The Morgan fingerprint density at radius 2 is 2.04 bits per heavy atom. The van der Waals surface area contributed by atoms with Crippen LogP contribution in [0.3, 0.4) is 0 Å². The van der Waals surface area contributed by atoms with E-state index >= 15 is 0 Å². The fraction of sp³-hybridized carbons (Fsp3) is 0.353. The van der Waals surface area contributed by atoms with Gasteiger partial charge in [-0.2, -0.15) is 0 Å². The molecule has 0 unspecified atom stereocenters. The SMILES string of the molecule is CN(C)CCSc1nc(CC(=O)N[C@@H](C(=O)O)c2ccccc2)cs1. The summed E-state index contributed by atoms with van der Waals surface area (Å²) < 4.78 is 0.919. The van der Waals surface area contributed by atoms with Crippen LogP contribution in [0.4, 0.5) is 0 Å². The van der Waals surface area contributed by atoms with Crippen LogP contribution in [-0.2, 0) is 16.0 Å². The van der Waals surface area contributed by atoms with Gasteiger partial charge in [0.05, 0.1) is 12.1 Å². The summed E-state index contributed by atoms with van der Waals surface area (Å²) in [4.78, 5) is 30.1. The first-order chi connectivity index (χ1) is 12.0. The summed E-state index contributed by atoms with van der Waals surface area (Å²) in [6.07, 6.45) is 0.0708. The third-order valence-corrected chi connectivity index (χ3v) is 5.37. The highest BCUT2D eigenvalue weighted by Crippen LogP contribution is 2.23. The number of rotatable bonds is 9. The van der Waals surface area contributed by atoms with Gasteiger partial charge < -0.3 is 15.3 Å². The monoisotopic (exact) mass is 379 g/mol. The first-order valence-corrected chi connectivity index (χ1v) is 9.61. The number of carbonyl (C=O) groups excluding carboxylic acids is 1. The van der Waals surface area contributed by atoms with Gasteiger partial charge in [0.15, 0.2) is 6.04 Å². The summed E-state index contributed by atoms with van der Waals surface area (Å²) >= 11 is 3.15. The Labute approximate surface area is 155 Å². The number of thiazole rings is 1. The van der Waals surface area contributed by atoms with E-state index < -0.39 is 12.0 Å². The first kappa shape index (κ1) is 19.4. The number of nitrogens with one attached hydrogen (secondary N) is 1. The van der Waals surface area contributed by atoms with E-state index in [0.717, 1.165) is 16.6 Å². The van der Waals surface area contributed by atoms with Crippen LogP contribution in [0.15, 0.2) is 40.1 Å². The number of aromatic nitrogens is 1. The number of hydrogen-bond donors (Lipinski definition) is 2. The highest BCUT2D eigenvalue weighted by molar-refractivity contribution is 8.01. The summed E-state index contributed by atoms with van der Waals surface area (Å²) in [6, 6.07) is 7.60. The van der Waals surface area contributed by atoms with Crippen LogP contribution < -0.4 is 5.32 Å². The lowest BCUT2D eigenvalue weighted by molar-refractivity contribution is -0.142. The zero-order chi connectivity index (χ0) is 18.2. The molecule has 2 N–H and O–H groups in total. The van der Waals surface area contributed by atoms with E-state index in [1.807, 2.05) is 19.5 Å². The fourth-order valence-electron chi connectivity index (χ4n) is 2.06. The molecule has 0 aliphatic heterocycles. The summed E-state index contributed by atoms with van der Waals surface area (Å²) in [7, 11) is 4.04. The molecule has 0 bridgehead atoms. The molecular weight excluding hydrogens is 358 g/mol. The van der Waals surface area contributed by atoms with Crippen molar-refractivity contribution in [3.05, 3.63) is 47.0 Å². The maximum Gasteiger partial charge on any atom is 0.330 e. The van der Waals surface area contributed by atoms with Gasteiger partial charge in [0, 0.05) is 17.7 Å². The second kappa shape index (κ2) is 9.55. The van der Waals surface area contributed by atoms with Crippen LogP contribution in [0.5, 0.6) is 0 Å². The lowest BCUT2D eigenvalue weighted by Crippen LogP contribution is -2.34. The normalized spacial score (nSPS) is 12.1. The van der Waals surface area contributed by atoms with Gasteiger partial charge in [0.1, 0.15) is 4.34 Å². The first-order valence-electron chi connectivity index (χ1n) is 7.74. The molecule has 1 aromatic heterocycles. The van der Waals surface area contributed by atoms with Gasteiger partial charge >= 0.3 is 5.97 Å². The Kier molecular flexibility index (Phi) is 7.42. The average Bonchev–Trinajstić information content (AvgIpc) is 3.00. The second-order valence-corrected chi connectivity index (χ2v) is 7.88. The van der Waals surface area contributed by atoms with Gasteiger partial charge in [0.2, 0.25) is 5.91 Å². The van der Waals surface area contributed by atoms with Crippen LogP contribution in [0.25, 0.3) is 0 Å². The van der Waals surface area contributed by atoms with Gasteiger partial charge in [-0.3, -0.25) is 4.79 Å². The lowest BCUT2D eigenvalue weighted by atomic mass is 10.1. The second-order valence-electron chi connectivity index (χ2n) is 5.68. The molecule has 1 atom stereocenters. The molecule has 0 saturated heterocycles. The zero-order valence-corrected chi connectivity index (χ0v) is 15.8. The maximum absolute atomic E-state index is 12.2. The van der Waals surface area contributed by atoms with Crippen LogP contribution in [0.1, 0.15) is 17.3 Å². The van der Waals surface area contributed by atoms with Gasteiger partial charge in [-0.05, 0) is 19.7 Å². The Balaban J connectivity index is 1.91. The minimum Gasteiger partial charge on any atom is -0.479 e. The van der Waals surface area contributed by atoms with Crippen molar-refractivity contribution in [1.29, 1.82) is 0 Å². The quantitative estimate of drug-likeness (QED) is 0.651. The highest BCUT2D eigenvalue weighted by Gasteiger charge is 2.22.